The average Bonchev–Trinajstić information content (AvgIpc) is 2.96. The largest absolute Gasteiger partial charge is 0.383 e. The summed E-state index contributed by atoms with van der Waals surface area (Å²) in [6.07, 6.45) is 4.08. The molecular weight excluding hydrogens is 254 g/mol. The van der Waals surface area contributed by atoms with E-state index in [1.54, 1.807) is 7.11 Å². The highest BCUT2D eigenvalue weighted by atomic mass is 32.2. The second-order valence-electron chi connectivity index (χ2n) is 5.04. The van der Waals surface area contributed by atoms with E-state index in [4.69, 9.17) is 4.74 Å². The lowest BCUT2D eigenvalue weighted by molar-refractivity contribution is 0.175. The number of nitrogens with one attached hydrogen (secondary N) is 2. The van der Waals surface area contributed by atoms with E-state index in [1.807, 2.05) is 0 Å². The summed E-state index contributed by atoms with van der Waals surface area (Å²) in [6.45, 7) is 2.36. The first-order valence-corrected chi connectivity index (χ1v) is 8.05. The van der Waals surface area contributed by atoms with E-state index in [9.17, 15) is 8.42 Å². The molecule has 1 saturated carbocycles. The van der Waals surface area contributed by atoms with Crippen molar-refractivity contribution in [2.75, 3.05) is 33.4 Å². The maximum Gasteiger partial charge on any atom is 0.279 e. The van der Waals surface area contributed by atoms with E-state index in [1.165, 1.54) is 4.31 Å². The van der Waals surface area contributed by atoms with Gasteiger partial charge in [0, 0.05) is 32.3 Å². The second kappa shape index (κ2) is 6.29. The van der Waals surface area contributed by atoms with Gasteiger partial charge in [0.25, 0.3) is 10.2 Å². The molecule has 7 heteroatoms. The minimum Gasteiger partial charge on any atom is -0.383 e. The molecule has 2 aliphatic rings. The molecular formula is C11H23N3O3S. The molecule has 2 fully saturated rings. The normalized spacial score (nSPS) is 24.9. The molecule has 1 heterocycles. The molecule has 2 N–H and O–H groups in total. The molecule has 1 aliphatic heterocycles. The molecule has 6 nitrogen and oxygen atoms in total. The van der Waals surface area contributed by atoms with Gasteiger partial charge in [-0.05, 0) is 32.2 Å². The standard InChI is InChI=1S/C11H23N3O3S/c1-17-8-7-14(9-11-3-2-6-12-11)18(15,16)13-10-4-5-10/h10-13H,2-9H2,1H3. The minimum absolute atomic E-state index is 0.150. The Morgan fingerprint density at radius 2 is 2.17 bits per heavy atom. The molecule has 0 amide bonds. The van der Waals surface area contributed by atoms with Crippen LogP contribution in [0.25, 0.3) is 0 Å². The average molecular weight is 277 g/mol. The van der Waals surface area contributed by atoms with E-state index < -0.39 is 10.2 Å². The van der Waals surface area contributed by atoms with Gasteiger partial charge < -0.3 is 10.1 Å². The quantitative estimate of drug-likeness (QED) is 0.638. The molecule has 1 unspecified atom stereocenters. The van der Waals surface area contributed by atoms with Gasteiger partial charge in [0.15, 0.2) is 0 Å². The molecule has 1 atom stereocenters. The molecule has 0 aromatic heterocycles. The summed E-state index contributed by atoms with van der Waals surface area (Å²) in [4.78, 5) is 0. The third-order valence-corrected chi connectivity index (χ3v) is 5.01. The predicted octanol–water partition coefficient (Wildman–Crippen LogP) is -0.316. The van der Waals surface area contributed by atoms with Gasteiger partial charge in [-0.3, -0.25) is 0 Å². The molecule has 0 spiro atoms. The Morgan fingerprint density at radius 1 is 1.39 bits per heavy atom. The maximum atomic E-state index is 12.2. The van der Waals surface area contributed by atoms with E-state index in [0.717, 1.165) is 32.2 Å². The SMILES string of the molecule is COCCN(CC1CCCN1)S(=O)(=O)NC1CC1. The van der Waals surface area contributed by atoms with Gasteiger partial charge in [0.05, 0.1) is 6.61 Å². The van der Waals surface area contributed by atoms with Crippen molar-refractivity contribution in [2.24, 2.45) is 0 Å². The first-order valence-electron chi connectivity index (χ1n) is 6.61. The van der Waals surface area contributed by atoms with Crippen molar-refractivity contribution >= 4 is 10.2 Å². The van der Waals surface area contributed by atoms with E-state index in [2.05, 4.69) is 10.0 Å². The van der Waals surface area contributed by atoms with Crippen molar-refractivity contribution in [1.29, 1.82) is 0 Å². The Labute approximate surface area is 109 Å². The highest BCUT2D eigenvalue weighted by Crippen LogP contribution is 2.21. The number of nitrogens with zero attached hydrogens (tertiary/aromatic N) is 1. The van der Waals surface area contributed by atoms with Crippen molar-refractivity contribution in [1.82, 2.24) is 14.3 Å². The fourth-order valence-corrected chi connectivity index (χ4v) is 3.64. The summed E-state index contributed by atoms with van der Waals surface area (Å²) in [5, 5.41) is 3.33. The van der Waals surface area contributed by atoms with Gasteiger partial charge in [-0.2, -0.15) is 17.4 Å². The molecule has 0 bridgehead atoms. The number of rotatable bonds is 8. The van der Waals surface area contributed by atoms with Crippen LogP contribution < -0.4 is 10.0 Å². The van der Waals surface area contributed by atoms with Gasteiger partial charge in [-0.15, -0.1) is 0 Å². The molecule has 1 saturated heterocycles. The molecule has 1 aliphatic carbocycles. The van der Waals surface area contributed by atoms with Crippen LogP contribution >= 0.6 is 0 Å². The molecule has 0 aromatic rings. The van der Waals surface area contributed by atoms with Crippen LogP contribution in [-0.4, -0.2) is 58.2 Å². The smallest absolute Gasteiger partial charge is 0.279 e. The highest BCUT2D eigenvalue weighted by Gasteiger charge is 2.32. The summed E-state index contributed by atoms with van der Waals surface area (Å²) < 4.78 is 33.7. The predicted molar refractivity (Wildman–Crippen MR) is 69.6 cm³/mol. The molecule has 106 valence electrons. The van der Waals surface area contributed by atoms with Crippen molar-refractivity contribution in [2.45, 2.75) is 37.8 Å². The summed E-state index contributed by atoms with van der Waals surface area (Å²) in [7, 11) is -1.77. The lowest BCUT2D eigenvalue weighted by Crippen LogP contribution is -2.48. The van der Waals surface area contributed by atoms with Gasteiger partial charge in [0.1, 0.15) is 0 Å². The molecule has 0 radical (unpaired) electrons. The van der Waals surface area contributed by atoms with Crippen LogP contribution in [0.4, 0.5) is 0 Å². The summed E-state index contributed by atoms with van der Waals surface area (Å²) >= 11 is 0. The Kier molecular flexibility index (Phi) is 4.97. The zero-order valence-electron chi connectivity index (χ0n) is 10.9. The van der Waals surface area contributed by atoms with E-state index >= 15 is 0 Å². The zero-order chi connectivity index (χ0) is 13.0. The summed E-state index contributed by atoms with van der Waals surface area (Å²) in [5.41, 5.74) is 0. The van der Waals surface area contributed by atoms with Crippen LogP contribution in [0.2, 0.25) is 0 Å². The van der Waals surface area contributed by atoms with Crippen LogP contribution in [0.3, 0.4) is 0 Å². The van der Waals surface area contributed by atoms with Crippen LogP contribution in [0, 0.1) is 0 Å². The van der Waals surface area contributed by atoms with Crippen molar-refractivity contribution < 1.29 is 13.2 Å². The lowest BCUT2D eigenvalue weighted by Gasteiger charge is -2.25. The van der Waals surface area contributed by atoms with Crippen molar-refractivity contribution in [3.8, 4) is 0 Å². The monoisotopic (exact) mass is 277 g/mol. The molecule has 18 heavy (non-hydrogen) atoms. The number of ether oxygens (including phenoxy) is 1. The molecule has 2 rings (SSSR count). The zero-order valence-corrected chi connectivity index (χ0v) is 11.7. The number of methoxy groups -OCH3 is 1. The van der Waals surface area contributed by atoms with Crippen molar-refractivity contribution in [3.05, 3.63) is 0 Å². The third kappa shape index (κ3) is 4.17. The third-order valence-electron chi connectivity index (χ3n) is 3.36. The lowest BCUT2D eigenvalue weighted by atomic mass is 10.2. The first kappa shape index (κ1) is 14.2. The summed E-state index contributed by atoms with van der Waals surface area (Å²) in [6, 6.07) is 0.425. The second-order valence-corrected chi connectivity index (χ2v) is 6.74. The Balaban J connectivity index is 1.93. The number of hydrogen-bond donors (Lipinski definition) is 2. The highest BCUT2D eigenvalue weighted by molar-refractivity contribution is 7.87. The Bertz CT molecular complexity index is 351. The van der Waals surface area contributed by atoms with Crippen LogP contribution in [0.1, 0.15) is 25.7 Å². The van der Waals surface area contributed by atoms with Crippen molar-refractivity contribution in [3.63, 3.8) is 0 Å². The topological polar surface area (TPSA) is 70.7 Å². The van der Waals surface area contributed by atoms with Gasteiger partial charge in [0.2, 0.25) is 0 Å². The minimum atomic E-state index is -3.36. The fourth-order valence-electron chi connectivity index (χ4n) is 2.15. The molecule has 0 aromatic carbocycles. The van der Waals surface area contributed by atoms with Crippen LogP contribution in [0.15, 0.2) is 0 Å². The number of hydrogen-bond acceptors (Lipinski definition) is 4. The summed E-state index contributed by atoms with van der Waals surface area (Å²) in [5.74, 6) is 0. The van der Waals surface area contributed by atoms with Gasteiger partial charge in [-0.1, -0.05) is 0 Å². The first-order chi connectivity index (χ1) is 8.62. The Morgan fingerprint density at radius 3 is 2.72 bits per heavy atom. The Hall–Kier alpha value is -0.210. The van der Waals surface area contributed by atoms with Crippen LogP contribution in [-0.2, 0) is 14.9 Å². The van der Waals surface area contributed by atoms with E-state index in [-0.39, 0.29) is 12.1 Å². The van der Waals surface area contributed by atoms with Crippen LogP contribution in [0.5, 0.6) is 0 Å². The van der Waals surface area contributed by atoms with Gasteiger partial charge >= 0.3 is 0 Å². The fraction of sp³-hybridized carbons (Fsp3) is 1.00. The maximum absolute atomic E-state index is 12.2. The van der Waals surface area contributed by atoms with E-state index in [0.29, 0.717) is 19.7 Å². The van der Waals surface area contributed by atoms with Gasteiger partial charge in [-0.25, -0.2) is 0 Å².